The highest BCUT2D eigenvalue weighted by Crippen LogP contribution is 2.45. The first kappa shape index (κ1) is 31.0. The largest absolute Gasteiger partial charge is 0.417 e. The summed E-state index contributed by atoms with van der Waals surface area (Å²) in [5.41, 5.74) is -0.0582. The van der Waals surface area contributed by atoms with Gasteiger partial charge in [0.2, 0.25) is 0 Å². The summed E-state index contributed by atoms with van der Waals surface area (Å²) < 4.78 is 84.7. The van der Waals surface area contributed by atoms with Crippen LogP contribution in [0.25, 0.3) is 22.3 Å². The second kappa shape index (κ2) is 11.0. The molecule has 0 aliphatic rings. The molecule has 2 N–H and O–H groups in total. The Labute approximate surface area is 242 Å². The van der Waals surface area contributed by atoms with Crippen molar-refractivity contribution >= 4 is 17.1 Å². The van der Waals surface area contributed by atoms with Gasteiger partial charge in [0.1, 0.15) is 0 Å². The number of halogens is 6. The third-order valence-corrected chi connectivity index (χ3v) is 6.72. The molecule has 2 nitrogen and oxygen atoms in total. The highest BCUT2D eigenvalue weighted by molar-refractivity contribution is 5.76. The summed E-state index contributed by atoms with van der Waals surface area (Å²) >= 11 is 0. The average Bonchev–Trinajstić information content (AvgIpc) is 2.87. The van der Waals surface area contributed by atoms with Crippen molar-refractivity contribution in [2.24, 2.45) is 0 Å². The SMILES string of the molecule is CC(C)(C)Nc1ccc(-c2ccc(Nc3ccc(-c4ccc(C(C)(C)C)cc4C(F)(F)F)c(C(F)(F)F)c3)cc2)cc1. The molecular weight excluding hydrogens is 550 g/mol. The first-order chi connectivity index (χ1) is 19.3. The topological polar surface area (TPSA) is 24.1 Å². The number of nitrogens with one attached hydrogen (secondary N) is 2. The summed E-state index contributed by atoms with van der Waals surface area (Å²) in [4.78, 5) is 0. The van der Waals surface area contributed by atoms with E-state index in [1.165, 1.54) is 12.1 Å². The molecule has 4 rings (SSSR count). The van der Waals surface area contributed by atoms with Crippen LogP contribution in [-0.2, 0) is 17.8 Å². The van der Waals surface area contributed by atoms with Crippen LogP contribution < -0.4 is 10.6 Å². The Bertz CT molecular complexity index is 1540. The molecule has 0 aromatic heterocycles. The molecule has 4 aromatic carbocycles. The van der Waals surface area contributed by atoms with Crippen molar-refractivity contribution in [1.82, 2.24) is 0 Å². The Hall–Kier alpha value is -3.94. The van der Waals surface area contributed by atoms with Crippen LogP contribution in [0.4, 0.5) is 43.4 Å². The van der Waals surface area contributed by atoms with E-state index in [1.807, 2.05) is 36.4 Å². The molecule has 0 spiro atoms. The van der Waals surface area contributed by atoms with Crippen molar-refractivity contribution in [3.05, 3.63) is 102 Å². The lowest BCUT2D eigenvalue weighted by Gasteiger charge is -2.24. The lowest BCUT2D eigenvalue weighted by atomic mass is 9.83. The molecule has 42 heavy (non-hydrogen) atoms. The van der Waals surface area contributed by atoms with Gasteiger partial charge < -0.3 is 10.6 Å². The number of benzene rings is 4. The normalized spacial score (nSPS) is 12.8. The van der Waals surface area contributed by atoms with Crippen molar-refractivity contribution in [1.29, 1.82) is 0 Å². The minimum atomic E-state index is -4.88. The van der Waals surface area contributed by atoms with Crippen molar-refractivity contribution < 1.29 is 26.3 Å². The molecule has 222 valence electrons. The molecule has 0 fully saturated rings. The number of alkyl halides is 6. The Morgan fingerprint density at radius 3 is 1.36 bits per heavy atom. The second-order valence-corrected chi connectivity index (χ2v) is 12.4. The van der Waals surface area contributed by atoms with Crippen LogP contribution in [0.1, 0.15) is 58.2 Å². The standard InChI is InChI=1S/C34H34F6N2/c1-31(2,3)23-11-17-27(29(19-23)33(35,36)37)28-18-16-26(20-30(28)34(38,39)40)41-24-12-7-21(8-13-24)22-9-14-25(15-10-22)42-32(4,5)6/h7-20,41-42H,1-6H3. The maximum atomic E-state index is 14.2. The lowest BCUT2D eigenvalue weighted by molar-refractivity contribution is -0.139. The average molecular weight is 585 g/mol. The van der Waals surface area contributed by atoms with E-state index >= 15 is 0 Å². The van der Waals surface area contributed by atoms with E-state index < -0.39 is 40.0 Å². The molecule has 0 atom stereocenters. The molecule has 0 aliphatic heterocycles. The van der Waals surface area contributed by atoms with E-state index in [0.717, 1.165) is 41.1 Å². The predicted octanol–water partition coefficient (Wildman–Crippen LogP) is 11.3. The molecule has 0 heterocycles. The third kappa shape index (κ3) is 7.46. The quantitative estimate of drug-likeness (QED) is 0.228. The van der Waals surface area contributed by atoms with Gasteiger partial charge in [0.05, 0.1) is 11.1 Å². The van der Waals surface area contributed by atoms with Crippen molar-refractivity contribution in [3.63, 3.8) is 0 Å². The number of rotatable bonds is 5. The van der Waals surface area contributed by atoms with Gasteiger partial charge in [0.25, 0.3) is 0 Å². The van der Waals surface area contributed by atoms with Crippen LogP contribution in [0.3, 0.4) is 0 Å². The second-order valence-electron chi connectivity index (χ2n) is 12.4. The highest BCUT2D eigenvalue weighted by Gasteiger charge is 2.39. The Balaban J connectivity index is 1.64. The Morgan fingerprint density at radius 1 is 0.476 bits per heavy atom. The lowest BCUT2D eigenvalue weighted by Crippen LogP contribution is -2.25. The highest BCUT2D eigenvalue weighted by atomic mass is 19.4. The summed E-state index contributed by atoms with van der Waals surface area (Å²) in [6, 6.07) is 21.9. The van der Waals surface area contributed by atoms with E-state index in [0.29, 0.717) is 11.3 Å². The Kier molecular flexibility index (Phi) is 8.15. The zero-order valence-corrected chi connectivity index (χ0v) is 24.4. The first-order valence-corrected chi connectivity index (χ1v) is 13.5. The predicted molar refractivity (Wildman–Crippen MR) is 159 cm³/mol. The maximum absolute atomic E-state index is 14.2. The molecule has 0 aliphatic carbocycles. The van der Waals surface area contributed by atoms with Crippen LogP contribution in [0.2, 0.25) is 0 Å². The van der Waals surface area contributed by atoms with E-state index in [1.54, 1.807) is 32.9 Å². The van der Waals surface area contributed by atoms with Gasteiger partial charge in [-0.15, -0.1) is 0 Å². The number of hydrogen-bond donors (Lipinski definition) is 2. The van der Waals surface area contributed by atoms with Gasteiger partial charge in [-0.25, -0.2) is 0 Å². The van der Waals surface area contributed by atoms with Gasteiger partial charge in [-0.2, -0.15) is 26.3 Å². The van der Waals surface area contributed by atoms with Crippen molar-refractivity contribution in [2.75, 3.05) is 10.6 Å². The fraction of sp³-hybridized carbons (Fsp3) is 0.294. The van der Waals surface area contributed by atoms with Crippen LogP contribution in [0.5, 0.6) is 0 Å². The summed E-state index contributed by atoms with van der Waals surface area (Å²) in [7, 11) is 0. The zero-order chi connectivity index (χ0) is 31.1. The van der Waals surface area contributed by atoms with Gasteiger partial charge in [-0.1, -0.05) is 63.2 Å². The van der Waals surface area contributed by atoms with Gasteiger partial charge in [-0.3, -0.25) is 0 Å². The molecule has 0 saturated carbocycles. The fourth-order valence-electron chi connectivity index (χ4n) is 4.66. The first-order valence-electron chi connectivity index (χ1n) is 13.5. The van der Waals surface area contributed by atoms with Crippen LogP contribution >= 0.6 is 0 Å². The molecule has 0 unspecified atom stereocenters. The molecule has 0 saturated heterocycles. The molecule has 0 amide bonds. The fourth-order valence-corrected chi connectivity index (χ4v) is 4.66. The van der Waals surface area contributed by atoms with E-state index in [4.69, 9.17) is 0 Å². The molecule has 0 bridgehead atoms. The van der Waals surface area contributed by atoms with Crippen LogP contribution in [0, 0.1) is 0 Å². The minimum absolute atomic E-state index is 0.0729. The van der Waals surface area contributed by atoms with Gasteiger partial charge in [0, 0.05) is 22.6 Å². The minimum Gasteiger partial charge on any atom is -0.380 e. The van der Waals surface area contributed by atoms with Crippen molar-refractivity contribution in [3.8, 4) is 22.3 Å². The van der Waals surface area contributed by atoms with Gasteiger partial charge in [-0.05, 0) is 96.5 Å². The number of anilines is 3. The summed E-state index contributed by atoms with van der Waals surface area (Å²) in [5.74, 6) is 0. The molecule has 4 aromatic rings. The monoisotopic (exact) mass is 584 g/mol. The van der Waals surface area contributed by atoms with Crippen molar-refractivity contribution in [2.45, 2.75) is 64.8 Å². The summed E-state index contributed by atoms with van der Waals surface area (Å²) in [6.07, 6.45) is -9.71. The van der Waals surface area contributed by atoms with E-state index in [-0.39, 0.29) is 11.2 Å². The van der Waals surface area contributed by atoms with E-state index in [2.05, 4.69) is 31.4 Å². The molecular formula is C34H34F6N2. The Morgan fingerprint density at radius 2 is 0.905 bits per heavy atom. The van der Waals surface area contributed by atoms with Gasteiger partial charge in [0.15, 0.2) is 0 Å². The van der Waals surface area contributed by atoms with Crippen LogP contribution in [0.15, 0.2) is 84.9 Å². The van der Waals surface area contributed by atoms with E-state index in [9.17, 15) is 26.3 Å². The number of hydrogen-bond acceptors (Lipinski definition) is 2. The maximum Gasteiger partial charge on any atom is 0.417 e. The summed E-state index contributed by atoms with van der Waals surface area (Å²) in [5, 5.41) is 6.35. The zero-order valence-electron chi connectivity index (χ0n) is 24.4. The third-order valence-electron chi connectivity index (χ3n) is 6.72. The smallest absolute Gasteiger partial charge is 0.380 e. The van der Waals surface area contributed by atoms with Gasteiger partial charge >= 0.3 is 12.4 Å². The summed E-state index contributed by atoms with van der Waals surface area (Å²) in [6.45, 7) is 11.5. The van der Waals surface area contributed by atoms with Crippen LogP contribution in [-0.4, -0.2) is 5.54 Å². The molecule has 8 heteroatoms. The molecule has 0 radical (unpaired) electrons.